The van der Waals surface area contributed by atoms with Gasteiger partial charge in [0.15, 0.2) is 0 Å². The van der Waals surface area contributed by atoms with Crippen LogP contribution in [-0.4, -0.2) is 43.1 Å². The Hall–Kier alpha value is -0.560. The first-order valence-corrected chi connectivity index (χ1v) is 9.49. The summed E-state index contributed by atoms with van der Waals surface area (Å²) in [5.74, 6) is 1.12. The Balaban J connectivity index is 1.64. The van der Waals surface area contributed by atoms with Crippen LogP contribution in [0.2, 0.25) is 0 Å². The zero-order chi connectivity index (χ0) is 14.1. The molecule has 2 saturated heterocycles. The van der Waals surface area contributed by atoms with Crippen LogP contribution in [0.25, 0.3) is 0 Å². The topological polar surface area (TPSA) is 46.6 Å². The molecular weight excluding hydrogens is 294 g/mol. The van der Waals surface area contributed by atoms with Crippen LogP contribution in [0.3, 0.4) is 0 Å². The van der Waals surface area contributed by atoms with Crippen molar-refractivity contribution >= 4 is 21.8 Å². The average molecular weight is 313 g/mol. The van der Waals surface area contributed by atoms with E-state index in [0.717, 1.165) is 30.8 Å². The molecule has 1 aromatic rings. The summed E-state index contributed by atoms with van der Waals surface area (Å²) in [6, 6.07) is 9.37. The fourth-order valence-corrected chi connectivity index (χ4v) is 5.48. The van der Waals surface area contributed by atoms with Crippen molar-refractivity contribution in [2.24, 2.45) is 0 Å². The molecule has 1 aromatic carbocycles. The number of sulfonamides is 1. The number of ether oxygens (including phenoxy) is 1. The van der Waals surface area contributed by atoms with Crippen LogP contribution < -0.4 is 0 Å². The summed E-state index contributed by atoms with van der Waals surface area (Å²) in [6.45, 7) is 1.94. The van der Waals surface area contributed by atoms with Crippen LogP contribution in [-0.2, 0) is 20.5 Å². The molecule has 2 aliphatic rings. The van der Waals surface area contributed by atoms with Crippen LogP contribution in [0.1, 0.15) is 18.4 Å². The molecule has 110 valence electrons. The molecule has 0 aliphatic carbocycles. The lowest BCUT2D eigenvalue weighted by Crippen LogP contribution is -2.45. The molecule has 0 unspecified atom stereocenters. The van der Waals surface area contributed by atoms with Gasteiger partial charge >= 0.3 is 0 Å². The van der Waals surface area contributed by atoms with Crippen molar-refractivity contribution in [2.45, 2.75) is 23.5 Å². The van der Waals surface area contributed by atoms with E-state index >= 15 is 0 Å². The molecular formula is C14H19NO3S2. The Labute approximate surface area is 124 Å². The second-order valence-corrected chi connectivity index (χ2v) is 8.66. The SMILES string of the molecule is O=S(=O)(Cc1ccccc1)N1CCC2(CC1)OCCS2. The van der Waals surface area contributed by atoms with Crippen molar-refractivity contribution < 1.29 is 13.2 Å². The molecule has 0 atom stereocenters. The highest BCUT2D eigenvalue weighted by molar-refractivity contribution is 8.00. The largest absolute Gasteiger partial charge is 0.363 e. The Bertz CT molecular complexity index is 543. The first-order chi connectivity index (χ1) is 9.60. The number of piperidine rings is 1. The molecule has 1 spiro atoms. The van der Waals surface area contributed by atoms with E-state index in [-0.39, 0.29) is 10.7 Å². The summed E-state index contributed by atoms with van der Waals surface area (Å²) in [7, 11) is -3.21. The molecule has 0 bridgehead atoms. The number of hydrogen-bond acceptors (Lipinski definition) is 4. The van der Waals surface area contributed by atoms with E-state index in [2.05, 4.69) is 0 Å². The van der Waals surface area contributed by atoms with Crippen LogP contribution in [0.15, 0.2) is 30.3 Å². The number of thioether (sulfide) groups is 1. The quantitative estimate of drug-likeness (QED) is 0.857. The normalized spacial score (nSPS) is 23.2. The maximum atomic E-state index is 12.4. The van der Waals surface area contributed by atoms with Gasteiger partial charge in [0.25, 0.3) is 0 Å². The summed E-state index contributed by atoms with van der Waals surface area (Å²) in [5.41, 5.74) is 0.847. The zero-order valence-corrected chi connectivity index (χ0v) is 13.0. The summed E-state index contributed by atoms with van der Waals surface area (Å²) in [6.07, 6.45) is 1.59. The van der Waals surface area contributed by atoms with E-state index in [0.29, 0.717) is 13.1 Å². The van der Waals surface area contributed by atoms with E-state index in [1.807, 2.05) is 42.1 Å². The van der Waals surface area contributed by atoms with E-state index in [1.165, 1.54) is 0 Å². The molecule has 2 aliphatic heterocycles. The van der Waals surface area contributed by atoms with E-state index in [9.17, 15) is 8.42 Å². The Morgan fingerprint density at radius 2 is 1.90 bits per heavy atom. The summed E-state index contributed by atoms with van der Waals surface area (Å²) < 4.78 is 32.3. The van der Waals surface area contributed by atoms with Crippen molar-refractivity contribution in [1.29, 1.82) is 0 Å². The van der Waals surface area contributed by atoms with E-state index in [1.54, 1.807) is 4.31 Å². The second kappa shape index (κ2) is 5.67. The van der Waals surface area contributed by atoms with Crippen molar-refractivity contribution in [1.82, 2.24) is 4.31 Å². The van der Waals surface area contributed by atoms with Gasteiger partial charge in [0.2, 0.25) is 10.0 Å². The van der Waals surface area contributed by atoms with Gasteiger partial charge in [0, 0.05) is 18.8 Å². The highest BCUT2D eigenvalue weighted by Gasteiger charge is 2.41. The van der Waals surface area contributed by atoms with E-state index in [4.69, 9.17) is 4.74 Å². The van der Waals surface area contributed by atoms with Crippen LogP contribution >= 0.6 is 11.8 Å². The lowest BCUT2D eigenvalue weighted by Gasteiger charge is -2.37. The standard InChI is InChI=1S/C14H19NO3S2/c16-20(17,12-13-4-2-1-3-5-13)15-8-6-14(7-9-15)18-10-11-19-14/h1-5H,6-12H2. The Kier molecular flexibility index (Phi) is 4.08. The first-order valence-electron chi connectivity index (χ1n) is 6.89. The number of benzene rings is 1. The maximum Gasteiger partial charge on any atom is 0.218 e. The van der Waals surface area contributed by atoms with Gasteiger partial charge in [-0.2, -0.15) is 0 Å². The third-order valence-corrected chi connectivity index (χ3v) is 7.16. The van der Waals surface area contributed by atoms with E-state index < -0.39 is 10.0 Å². The highest BCUT2D eigenvalue weighted by Crippen LogP contribution is 2.41. The zero-order valence-electron chi connectivity index (χ0n) is 11.3. The molecule has 6 heteroatoms. The number of rotatable bonds is 3. The van der Waals surface area contributed by atoms with Gasteiger partial charge in [-0.3, -0.25) is 0 Å². The smallest absolute Gasteiger partial charge is 0.218 e. The van der Waals surface area contributed by atoms with Gasteiger partial charge in [-0.05, 0) is 18.4 Å². The molecule has 2 heterocycles. The number of nitrogens with zero attached hydrogens (tertiary/aromatic N) is 1. The monoisotopic (exact) mass is 313 g/mol. The molecule has 0 aromatic heterocycles. The second-order valence-electron chi connectivity index (χ2n) is 5.25. The lowest BCUT2D eigenvalue weighted by molar-refractivity contribution is 0.0161. The minimum Gasteiger partial charge on any atom is -0.363 e. The molecule has 4 nitrogen and oxygen atoms in total. The fourth-order valence-electron chi connectivity index (χ4n) is 2.77. The highest BCUT2D eigenvalue weighted by atomic mass is 32.2. The van der Waals surface area contributed by atoms with Crippen LogP contribution in [0.5, 0.6) is 0 Å². The third-order valence-electron chi connectivity index (χ3n) is 3.88. The fraction of sp³-hybridized carbons (Fsp3) is 0.571. The summed E-state index contributed by atoms with van der Waals surface area (Å²) in [5, 5.41) is 0. The van der Waals surface area contributed by atoms with Crippen molar-refractivity contribution in [3.05, 3.63) is 35.9 Å². The average Bonchev–Trinajstić information content (AvgIpc) is 2.88. The predicted octanol–water partition coefficient (Wildman–Crippen LogP) is 2.07. The Morgan fingerprint density at radius 3 is 2.50 bits per heavy atom. The van der Waals surface area contributed by atoms with Crippen LogP contribution in [0.4, 0.5) is 0 Å². The molecule has 20 heavy (non-hydrogen) atoms. The maximum absolute atomic E-state index is 12.4. The van der Waals surface area contributed by atoms with Gasteiger partial charge in [-0.25, -0.2) is 12.7 Å². The molecule has 0 N–H and O–H groups in total. The van der Waals surface area contributed by atoms with Gasteiger partial charge in [0.1, 0.15) is 4.93 Å². The molecule has 0 amide bonds. The minimum atomic E-state index is -3.21. The summed E-state index contributed by atoms with van der Waals surface area (Å²) in [4.78, 5) is -0.112. The molecule has 2 fully saturated rings. The van der Waals surface area contributed by atoms with Gasteiger partial charge in [-0.1, -0.05) is 30.3 Å². The van der Waals surface area contributed by atoms with Gasteiger partial charge in [0.05, 0.1) is 12.4 Å². The Morgan fingerprint density at radius 1 is 1.20 bits per heavy atom. The minimum absolute atomic E-state index is 0.0921. The van der Waals surface area contributed by atoms with Crippen molar-refractivity contribution in [3.8, 4) is 0 Å². The van der Waals surface area contributed by atoms with Gasteiger partial charge in [-0.15, -0.1) is 11.8 Å². The van der Waals surface area contributed by atoms with Crippen molar-refractivity contribution in [2.75, 3.05) is 25.4 Å². The van der Waals surface area contributed by atoms with Crippen molar-refractivity contribution in [3.63, 3.8) is 0 Å². The molecule has 0 saturated carbocycles. The van der Waals surface area contributed by atoms with Gasteiger partial charge < -0.3 is 4.74 Å². The third kappa shape index (κ3) is 3.03. The number of hydrogen-bond donors (Lipinski definition) is 0. The predicted molar refractivity (Wildman–Crippen MR) is 81.0 cm³/mol. The van der Waals surface area contributed by atoms with Crippen LogP contribution in [0, 0.1) is 0 Å². The first kappa shape index (κ1) is 14.4. The molecule has 3 rings (SSSR count). The summed E-state index contributed by atoms with van der Waals surface area (Å²) >= 11 is 1.84. The lowest BCUT2D eigenvalue weighted by atomic mass is 10.1. The molecule has 0 radical (unpaired) electrons.